The highest BCUT2D eigenvalue weighted by atomic mass is 32.2. The van der Waals surface area contributed by atoms with Crippen LogP contribution in [-0.4, -0.2) is 31.9 Å². The van der Waals surface area contributed by atoms with Crippen LogP contribution >= 0.6 is 0 Å². The number of hydrogen-bond acceptors (Lipinski definition) is 3. The van der Waals surface area contributed by atoms with Gasteiger partial charge >= 0.3 is 0 Å². The molecular formula is C13H17NO3S. The molecule has 0 radical (unpaired) electrons. The van der Waals surface area contributed by atoms with E-state index in [1.165, 1.54) is 24.6 Å². The first kappa shape index (κ1) is 13.1. The van der Waals surface area contributed by atoms with E-state index in [1.807, 2.05) is 12.1 Å². The van der Waals surface area contributed by atoms with E-state index < -0.39 is 15.9 Å². The molecule has 5 heteroatoms. The van der Waals surface area contributed by atoms with E-state index in [0.717, 1.165) is 29.8 Å². The number of carbonyl (C=O) groups excluding carboxylic acids is 1. The highest BCUT2D eigenvalue weighted by molar-refractivity contribution is 7.88. The maximum Gasteiger partial charge on any atom is 0.267 e. The Morgan fingerprint density at radius 2 is 1.78 bits per heavy atom. The van der Waals surface area contributed by atoms with Crippen LogP contribution in [0.3, 0.4) is 0 Å². The summed E-state index contributed by atoms with van der Waals surface area (Å²) in [5.74, 6) is -0.467. The molecule has 0 bridgehead atoms. The molecule has 1 aliphatic carbocycles. The minimum atomic E-state index is -3.49. The third kappa shape index (κ3) is 2.56. The van der Waals surface area contributed by atoms with Crippen molar-refractivity contribution in [2.75, 3.05) is 13.3 Å². The van der Waals surface area contributed by atoms with Crippen LogP contribution in [0.5, 0.6) is 0 Å². The van der Waals surface area contributed by atoms with Crippen molar-refractivity contribution in [3.05, 3.63) is 34.9 Å². The molecule has 0 aliphatic heterocycles. The van der Waals surface area contributed by atoms with Crippen molar-refractivity contribution in [2.45, 2.75) is 25.7 Å². The molecule has 0 N–H and O–H groups in total. The molecule has 0 atom stereocenters. The summed E-state index contributed by atoms with van der Waals surface area (Å²) >= 11 is 0. The summed E-state index contributed by atoms with van der Waals surface area (Å²) in [6.07, 6.45) is 5.37. The Balaban J connectivity index is 2.32. The highest BCUT2D eigenvalue weighted by Crippen LogP contribution is 2.22. The van der Waals surface area contributed by atoms with Crippen LogP contribution < -0.4 is 0 Å². The Labute approximate surface area is 108 Å². The van der Waals surface area contributed by atoms with E-state index in [1.54, 1.807) is 6.07 Å². The van der Waals surface area contributed by atoms with E-state index in [4.69, 9.17) is 0 Å². The van der Waals surface area contributed by atoms with Gasteiger partial charge in [0.15, 0.2) is 0 Å². The molecule has 1 aliphatic rings. The van der Waals surface area contributed by atoms with Gasteiger partial charge in [-0.1, -0.05) is 6.07 Å². The zero-order valence-corrected chi connectivity index (χ0v) is 11.5. The number of benzene rings is 1. The predicted molar refractivity (Wildman–Crippen MR) is 70.0 cm³/mol. The van der Waals surface area contributed by atoms with Crippen LogP contribution in [0.25, 0.3) is 0 Å². The van der Waals surface area contributed by atoms with Crippen LogP contribution in [-0.2, 0) is 22.9 Å². The van der Waals surface area contributed by atoms with Crippen molar-refractivity contribution in [1.29, 1.82) is 0 Å². The van der Waals surface area contributed by atoms with E-state index in [-0.39, 0.29) is 0 Å². The zero-order chi connectivity index (χ0) is 13.3. The van der Waals surface area contributed by atoms with Crippen molar-refractivity contribution in [3.8, 4) is 0 Å². The van der Waals surface area contributed by atoms with Gasteiger partial charge in [0.2, 0.25) is 10.0 Å². The van der Waals surface area contributed by atoms with Crippen molar-refractivity contribution in [3.63, 3.8) is 0 Å². The second-order valence-electron chi connectivity index (χ2n) is 4.73. The molecule has 0 saturated carbocycles. The van der Waals surface area contributed by atoms with E-state index in [2.05, 4.69) is 0 Å². The predicted octanol–water partition coefficient (Wildman–Crippen LogP) is 1.60. The molecule has 1 amide bonds. The molecule has 4 nitrogen and oxygen atoms in total. The Kier molecular flexibility index (Phi) is 3.43. The van der Waals surface area contributed by atoms with Gasteiger partial charge in [0, 0.05) is 12.6 Å². The maximum atomic E-state index is 12.0. The van der Waals surface area contributed by atoms with Gasteiger partial charge in [0.25, 0.3) is 5.91 Å². The standard InChI is InChI=1S/C13H17NO3S/c1-14(18(2,16)17)13(15)12-8-7-10-5-3-4-6-11(10)9-12/h7-9H,3-6H2,1-2H3. The fourth-order valence-corrected chi connectivity index (χ4v) is 2.61. The Morgan fingerprint density at radius 3 is 2.39 bits per heavy atom. The largest absolute Gasteiger partial charge is 0.268 e. The molecule has 18 heavy (non-hydrogen) atoms. The molecular weight excluding hydrogens is 250 g/mol. The summed E-state index contributed by atoms with van der Waals surface area (Å²) in [7, 11) is -2.20. The lowest BCUT2D eigenvalue weighted by atomic mass is 9.90. The SMILES string of the molecule is CN(C(=O)c1ccc2c(c1)CCCC2)S(C)(=O)=O. The average Bonchev–Trinajstić information content (AvgIpc) is 2.35. The lowest BCUT2D eigenvalue weighted by Gasteiger charge is -2.18. The van der Waals surface area contributed by atoms with Crippen LogP contribution in [0.1, 0.15) is 34.3 Å². The van der Waals surface area contributed by atoms with Crippen molar-refractivity contribution < 1.29 is 13.2 Å². The van der Waals surface area contributed by atoms with Gasteiger partial charge in [-0.2, -0.15) is 0 Å². The number of carbonyl (C=O) groups is 1. The third-order valence-corrected chi connectivity index (χ3v) is 4.54. The third-order valence-electron chi connectivity index (χ3n) is 3.38. The topological polar surface area (TPSA) is 54.5 Å². The molecule has 2 rings (SSSR count). The van der Waals surface area contributed by atoms with Gasteiger partial charge < -0.3 is 0 Å². The summed E-state index contributed by atoms with van der Waals surface area (Å²) in [5.41, 5.74) is 2.90. The van der Waals surface area contributed by atoms with Gasteiger partial charge in [-0.05, 0) is 48.9 Å². The lowest BCUT2D eigenvalue weighted by Crippen LogP contribution is -2.32. The minimum Gasteiger partial charge on any atom is -0.268 e. The van der Waals surface area contributed by atoms with E-state index >= 15 is 0 Å². The average molecular weight is 267 g/mol. The van der Waals surface area contributed by atoms with Crippen LogP contribution in [0.15, 0.2) is 18.2 Å². The molecule has 0 unspecified atom stereocenters. The van der Waals surface area contributed by atoms with Gasteiger partial charge in [-0.15, -0.1) is 0 Å². The Bertz CT molecular complexity index is 578. The summed E-state index contributed by atoms with van der Waals surface area (Å²) in [5, 5.41) is 0. The number of aryl methyl sites for hydroxylation is 2. The number of nitrogens with zero attached hydrogens (tertiary/aromatic N) is 1. The smallest absolute Gasteiger partial charge is 0.267 e. The molecule has 1 aromatic carbocycles. The number of fused-ring (bicyclic) bond motifs is 1. The lowest BCUT2D eigenvalue weighted by molar-refractivity contribution is 0.0883. The van der Waals surface area contributed by atoms with Crippen LogP contribution in [0, 0.1) is 0 Å². The van der Waals surface area contributed by atoms with E-state index in [9.17, 15) is 13.2 Å². The van der Waals surface area contributed by atoms with Crippen molar-refractivity contribution in [1.82, 2.24) is 4.31 Å². The Morgan fingerprint density at radius 1 is 1.17 bits per heavy atom. The summed E-state index contributed by atoms with van der Waals surface area (Å²) in [6.45, 7) is 0. The summed E-state index contributed by atoms with van der Waals surface area (Å²) in [4.78, 5) is 12.0. The first-order valence-electron chi connectivity index (χ1n) is 5.99. The monoisotopic (exact) mass is 267 g/mol. The fraction of sp³-hybridized carbons (Fsp3) is 0.462. The molecule has 0 aromatic heterocycles. The number of rotatable bonds is 2. The first-order chi connectivity index (χ1) is 8.39. The highest BCUT2D eigenvalue weighted by Gasteiger charge is 2.21. The minimum absolute atomic E-state index is 0.448. The normalized spacial score (nSPS) is 15.0. The summed E-state index contributed by atoms with van der Waals surface area (Å²) in [6, 6.07) is 5.49. The molecule has 0 fully saturated rings. The maximum absolute atomic E-state index is 12.0. The molecule has 1 aromatic rings. The number of hydrogen-bond donors (Lipinski definition) is 0. The van der Waals surface area contributed by atoms with Gasteiger partial charge in [0.1, 0.15) is 0 Å². The van der Waals surface area contributed by atoms with Crippen LogP contribution in [0.2, 0.25) is 0 Å². The molecule has 0 saturated heterocycles. The molecule has 0 spiro atoms. The van der Waals surface area contributed by atoms with Gasteiger partial charge in [0.05, 0.1) is 6.26 Å². The number of amides is 1. The van der Waals surface area contributed by atoms with Crippen molar-refractivity contribution in [2.24, 2.45) is 0 Å². The van der Waals surface area contributed by atoms with E-state index in [0.29, 0.717) is 5.56 Å². The first-order valence-corrected chi connectivity index (χ1v) is 7.84. The second kappa shape index (κ2) is 4.72. The van der Waals surface area contributed by atoms with Gasteiger partial charge in [-0.25, -0.2) is 12.7 Å². The zero-order valence-electron chi connectivity index (χ0n) is 10.6. The second-order valence-corrected chi connectivity index (χ2v) is 6.74. The molecule has 98 valence electrons. The van der Waals surface area contributed by atoms with Gasteiger partial charge in [-0.3, -0.25) is 4.79 Å². The summed E-state index contributed by atoms with van der Waals surface area (Å²) < 4.78 is 23.5. The quantitative estimate of drug-likeness (QED) is 0.817. The van der Waals surface area contributed by atoms with Crippen LogP contribution in [0.4, 0.5) is 0 Å². The molecule has 0 heterocycles. The van der Waals surface area contributed by atoms with Crippen molar-refractivity contribution >= 4 is 15.9 Å². The fourth-order valence-electron chi connectivity index (χ4n) is 2.20. The Hall–Kier alpha value is -1.36. The number of sulfonamides is 1.